The highest BCUT2D eigenvalue weighted by Crippen LogP contribution is 2.25. The number of hydrogen-bond donors (Lipinski definition) is 0. The van der Waals surface area contributed by atoms with Crippen LogP contribution >= 0.6 is 0 Å². The van der Waals surface area contributed by atoms with Crippen molar-refractivity contribution in [2.45, 2.75) is 19.4 Å². The second kappa shape index (κ2) is 8.70. The van der Waals surface area contributed by atoms with Crippen LogP contribution in [0.2, 0.25) is 0 Å². The van der Waals surface area contributed by atoms with Gasteiger partial charge in [0.1, 0.15) is 0 Å². The first-order valence-electron chi connectivity index (χ1n) is 7.78. The predicted octanol–water partition coefficient (Wildman–Crippen LogP) is 5.93. The first-order valence-corrected chi connectivity index (χ1v) is 7.78. The molecule has 0 fully saturated rings. The molecule has 116 valence electrons. The van der Waals surface area contributed by atoms with Gasteiger partial charge in [-0.2, -0.15) is 0 Å². The molecule has 2 rings (SSSR count). The van der Waals surface area contributed by atoms with Crippen molar-refractivity contribution in [3.05, 3.63) is 108 Å². The maximum absolute atomic E-state index is 4.74. The fourth-order valence-corrected chi connectivity index (χ4v) is 2.40. The molecule has 0 N–H and O–H groups in total. The van der Waals surface area contributed by atoms with Gasteiger partial charge in [-0.05, 0) is 30.5 Å². The molecule has 0 atom stereocenters. The highest BCUT2D eigenvalue weighted by Gasteiger charge is 2.10. The van der Waals surface area contributed by atoms with Gasteiger partial charge in [0.05, 0.1) is 6.04 Å². The minimum Gasteiger partial charge on any atom is -0.280 e. The van der Waals surface area contributed by atoms with Crippen molar-refractivity contribution >= 4 is 6.21 Å². The Labute approximate surface area is 139 Å². The summed E-state index contributed by atoms with van der Waals surface area (Å²) < 4.78 is 0. The van der Waals surface area contributed by atoms with E-state index in [1.807, 2.05) is 61.7 Å². The second-order valence-electron chi connectivity index (χ2n) is 5.67. The van der Waals surface area contributed by atoms with Gasteiger partial charge in [-0.25, -0.2) is 0 Å². The van der Waals surface area contributed by atoms with Gasteiger partial charge in [0.15, 0.2) is 0 Å². The lowest BCUT2D eigenvalue weighted by atomic mass is 9.99. The second-order valence-corrected chi connectivity index (χ2v) is 5.67. The molecule has 0 saturated heterocycles. The molecule has 0 bridgehead atoms. The molecule has 0 amide bonds. The smallest absolute Gasteiger partial charge is 0.0999 e. The lowest BCUT2D eigenvalue weighted by Crippen LogP contribution is -1.97. The van der Waals surface area contributed by atoms with Crippen LogP contribution in [0, 0.1) is 0 Å². The van der Waals surface area contributed by atoms with Gasteiger partial charge in [0.2, 0.25) is 0 Å². The largest absolute Gasteiger partial charge is 0.280 e. The fourth-order valence-electron chi connectivity index (χ4n) is 2.40. The molecule has 0 saturated carbocycles. The van der Waals surface area contributed by atoms with E-state index < -0.39 is 0 Å². The summed E-state index contributed by atoms with van der Waals surface area (Å²) in [7, 11) is 0. The molecule has 0 radical (unpaired) electrons. The van der Waals surface area contributed by atoms with E-state index in [2.05, 4.69) is 37.4 Å². The van der Waals surface area contributed by atoms with Gasteiger partial charge in [-0.1, -0.05) is 91.0 Å². The minimum absolute atomic E-state index is 0.0106. The van der Waals surface area contributed by atoms with Crippen LogP contribution in [0.1, 0.15) is 30.5 Å². The Balaban J connectivity index is 2.16. The van der Waals surface area contributed by atoms with Crippen LogP contribution in [0.5, 0.6) is 0 Å². The van der Waals surface area contributed by atoms with Crippen LogP contribution in [-0.2, 0) is 0 Å². The molecule has 0 spiro atoms. The Morgan fingerprint density at radius 2 is 1.48 bits per heavy atom. The van der Waals surface area contributed by atoms with Gasteiger partial charge in [-0.15, -0.1) is 0 Å². The van der Waals surface area contributed by atoms with Crippen molar-refractivity contribution < 1.29 is 0 Å². The zero-order chi connectivity index (χ0) is 16.5. The molecular weight excluding hydrogens is 278 g/mol. The van der Waals surface area contributed by atoms with E-state index in [4.69, 9.17) is 4.99 Å². The van der Waals surface area contributed by atoms with E-state index in [1.165, 1.54) is 11.1 Å². The van der Waals surface area contributed by atoms with E-state index in [9.17, 15) is 0 Å². The molecule has 2 aromatic rings. The molecule has 1 heteroatoms. The van der Waals surface area contributed by atoms with Crippen molar-refractivity contribution in [1.82, 2.24) is 0 Å². The quantitative estimate of drug-likeness (QED) is 0.342. The Hall–Kier alpha value is -2.67. The van der Waals surface area contributed by atoms with Crippen LogP contribution in [0.3, 0.4) is 0 Å². The Kier molecular flexibility index (Phi) is 6.31. The molecule has 23 heavy (non-hydrogen) atoms. The summed E-state index contributed by atoms with van der Waals surface area (Å²) in [6.45, 7) is 9.93. The van der Waals surface area contributed by atoms with Crippen molar-refractivity contribution in [1.29, 1.82) is 0 Å². The van der Waals surface area contributed by atoms with E-state index in [-0.39, 0.29) is 6.04 Å². The number of rotatable bonds is 7. The van der Waals surface area contributed by atoms with Gasteiger partial charge >= 0.3 is 0 Å². The van der Waals surface area contributed by atoms with Crippen molar-refractivity contribution in [2.24, 2.45) is 4.99 Å². The molecule has 0 aliphatic rings. The third kappa shape index (κ3) is 5.55. The first kappa shape index (κ1) is 16.7. The van der Waals surface area contributed by atoms with E-state index in [0.717, 1.165) is 17.6 Å². The lowest BCUT2D eigenvalue weighted by Gasteiger charge is -2.13. The first-order chi connectivity index (χ1) is 11.2. The van der Waals surface area contributed by atoms with Crippen LogP contribution in [-0.4, -0.2) is 6.21 Å². The Bertz CT molecular complexity index is 654. The molecule has 1 nitrogen and oxygen atoms in total. The zero-order valence-corrected chi connectivity index (χ0v) is 13.7. The summed E-state index contributed by atoms with van der Waals surface area (Å²) in [6, 6.07) is 20.7. The van der Waals surface area contributed by atoms with Crippen molar-refractivity contribution in [2.75, 3.05) is 0 Å². The third-order valence-electron chi connectivity index (χ3n) is 3.41. The summed E-state index contributed by atoms with van der Waals surface area (Å²) in [5.74, 6) is 0. The minimum atomic E-state index is 0.0106. The molecule has 0 heterocycles. The van der Waals surface area contributed by atoms with Gasteiger partial charge in [0, 0.05) is 6.21 Å². The zero-order valence-electron chi connectivity index (χ0n) is 13.7. The number of allylic oxidation sites excluding steroid dienone is 4. The molecular formula is C22H23N. The number of aliphatic imine (C=N–C) groups is 1. The topological polar surface area (TPSA) is 12.4 Å². The summed E-state index contributed by atoms with van der Waals surface area (Å²) >= 11 is 0. The SMILES string of the molecule is C=C(C)CC(=C)/C=C\C=NC(c1ccccc1)c1ccccc1. The van der Waals surface area contributed by atoms with Crippen LogP contribution in [0.15, 0.2) is 102 Å². The normalized spacial score (nSPS) is 11.4. The third-order valence-corrected chi connectivity index (χ3v) is 3.41. The monoisotopic (exact) mass is 301 g/mol. The van der Waals surface area contributed by atoms with Gasteiger partial charge in [0.25, 0.3) is 0 Å². The summed E-state index contributed by atoms with van der Waals surface area (Å²) in [5.41, 5.74) is 4.52. The molecule has 0 aromatic heterocycles. The molecule has 2 aromatic carbocycles. The Morgan fingerprint density at radius 1 is 0.957 bits per heavy atom. The van der Waals surface area contributed by atoms with E-state index >= 15 is 0 Å². The number of hydrogen-bond acceptors (Lipinski definition) is 1. The van der Waals surface area contributed by atoms with E-state index in [1.54, 1.807) is 0 Å². The standard InChI is InChI=1S/C22H23N/c1-18(2)17-19(3)11-10-16-23-22(20-12-6-4-7-13-20)21-14-8-5-9-15-21/h4-16,22H,1,3,17H2,2H3/b11-10-,23-16?. The van der Waals surface area contributed by atoms with Gasteiger partial charge < -0.3 is 0 Å². The summed E-state index contributed by atoms with van der Waals surface area (Å²) in [6.07, 6.45) is 6.62. The predicted molar refractivity (Wildman–Crippen MR) is 101 cm³/mol. The lowest BCUT2D eigenvalue weighted by molar-refractivity contribution is 0.879. The average molecular weight is 301 g/mol. The molecule has 0 aliphatic carbocycles. The maximum atomic E-state index is 4.74. The van der Waals surface area contributed by atoms with E-state index in [0.29, 0.717) is 0 Å². The fraction of sp³-hybridized carbons (Fsp3) is 0.136. The van der Waals surface area contributed by atoms with Crippen LogP contribution in [0.4, 0.5) is 0 Å². The highest BCUT2D eigenvalue weighted by molar-refractivity contribution is 5.72. The van der Waals surface area contributed by atoms with Crippen LogP contribution in [0.25, 0.3) is 0 Å². The van der Waals surface area contributed by atoms with Crippen molar-refractivity contribution in [3.8, 4) is 0 Å². The Morgan fingerprint density at radius 3 is 1.96 bits per heavy atom. The molecule has 0 aliphatic heterocycles. The number of benzene rings is 2. The highest BCUT2D eigenvalue weighted by atomic mass is 14.8. The van der Waals surface area contributed by atoms with Crippen molar-refractivity contribution in [3.63, 3.8) is 0 Å². The molecule has 0 unspecified atom stereocenters. The summed E-state index contributed by atoms with van der Waals surface area (Å²) in [4.78, 5) is 4.74. The van der Waals surface area contributed by atoms with Crippen LogP contribution < -0.4 is 0 Å². The number of nitrogens with zero attached hydrogens (tertiary/aromatic N) is 1. The average Bonchev–Trinajstić information content (AvgIpc) is 2.56. The van der Waals surface area contributed by atoms with Gasteiger partial charge in [-0.3, -0.25) is 4.99 Å². The maximum Gasteiger partial charge on any atom is 0.0999 e. The summed E-state index contributed by atoms with van der Waals surface area (Å²) in [5, 5.41) is 0.